The molecule has 0 radical (unpaired) electrons. The van der Waals surface area contributed by atoms with Crippen molar-refractivity contribution in [2.45, 2.75) is 115 Å². The maximum atomic E-state index is 11.0. The van der Waals surface area contributed by atoms with Crippen LogP contribution in [0.3, 0.4) is 0 Å². The summed E-state index contributed by atoms with van der Waals surface area (Å²) in [5.74, 6) is 116. The molecule has 6 aromatic rings. The molecule has 2 aliphatic heterocycles. The number of fused-ring (bicyclic) bond motifs is 2. The van der Waals surface area contributed by atoms with Crippen molar-refractivity contribution in [1.82, 2.24) is 39.9 Å². The lowest BCUT2D eigenvalue weighted by molar-refractivity contribution is -0.106. The fourth-order valence-corrected chi connectivity index (χ4v) is 11.5. The van der Waals surface area contributed by atoms with Gasteiger partial charge in [-0.05, 0) is 239 Å². The molecule has 0 aromatic carbocycles. The van der Waals surface area contributed by atoms with Gasteiger partial charge >= 0.3 is 0 Å². The lowest BCUT2D eigenvalue weighted by atomic mass is 9.83. The number of aromatic nitrogens is 8. The van der Waals surface area contributed by atoms with E-state index in [1.54, 1.807) is 31.7 Å². The Balaban J connectivity index is 0.000000242. The van der Waals surface area contributed by atoms with Gasteiger partial charge in [0, 0.05) is 251 Å². The van der Waals surface area contributed by atoms with E-state index in [0.717, 1.165) is 142 Å². The van der Waals surface area contributed by atoms with Crippen LogP contribution >= 0.6 is 23.2 Å². The Bertz CT molecular complexity index is 6420. The molecule has 0 unspecified atom stereocenters. The van der Waals surface area contributed by atoms with Crippen molar-refractivity contribution in [3.05, 3.63) is 95.0 Å². The van der Waals surface area contributed by atoms with Crippen molar-refractivity contribution in [2.75, 3.05) is 73.6 Å². The number of hydrogen-bond acceptors (Lipinski definition) is 18. The summed E-state index contributed by atoms with van der Waals surface area (Å²) in [6.07, 6.45) is 29.4. The first-order valence-corrected chi connectivity index (χ1v) is 39.7. The molecule has 584 valence electrons. The van der Waals surface area contributed by atoms with Gasteiger partial charge in [0.25, 0.3) is 10.1 Å². The minimum atomic E-state index is -3.42. The van der Waals surface area contributed by atoms with Gasteiger partial charge in [0.05, 0.1) is 44.8 Å². The van der Waals surface area contributed by atoms with Crippen LogP contribution < -0.4 is 27.0 Å². The number of ether oxygens (including phenoxy) is 2. The van der Waals surface area contributed by atoms with Gasteiger partial charge in [-0.3, -0.25) is 4.18 Å². The van der Waals surface area contributed by atoms with Crippen molar-refractivity contribution >= 4 is 78.7 Å². The van der Waals surface area contributed by atoms with E-state index in [0.29, 0.717) is 52.0 Å². The molecule has 2 saturated heterocycles. The van der Waals surface area contributed by atoms with Gasteiger partial charge in [-0.1, -0.05) is 36.0 Å². The summed E-state index contributed by atoms with van der Waals surface area (Å²) >= 11 is 12.4. The molecule has 0 spiro atoms. The topological polar surface area (TPSA) is 239 Å². The molecule has 21 heteroatoms. The molecule has 8 heterocycles. The van der Waals surface area contributed by atoms with Crippen LogP contribution in [0.2, 0.25) is 10.3 Å². The summed E-state index contributed by atoms with van der Waals surface area (Å²) in [7, 11) is -3.42. The van der Waals surface area contributed by atoms with Crippen molar-refractivity contribution < 1.29 is 22.1 Å². The van der Waals surface area contributed by atoms with Gasteiger partial charge < -0.3 is 36.5 Å². The van der Waals surface area contributed by atoms with Crippen molar-refractivity contribution in [1.29, 1.82) is 0 Å². The SMILES string of the molecule is C#CC#CC#CC#CC#CC#CC#CC#CC#CC#CC#CC#CC#CC#CC#CC#CC#CC#CC#CC#CC#CC#CC#CC.CC1(CCCc2cnc(NCC3CCC(Nc4ccc5ccnc(Cl)c5n4)CC3)nc2)COC1.CC1(N)COC1.CS(=O)(=O)OCCc1cnc(NCC2CCC(Nc3ccc4ccnc(Cl)c4n3)CC2)nc1. The highest BCUT2D eigenvalue weighted by Gasteiger charge is 2.32. The second-order valence-electron chi connectivity index (χ2n) is 26.4. The number of hydrogen-bond donors (Lipinski definition) is 5. The lowest BCUT2D eigenvalue weighted by Crippen LogP contribution is -2.54. The van der Waals surface area contributed by atoms with E-state index in [1.165, 1.54) is 24.8 Å². The molecule has 10 rings (SSSR count). The van der Waals surface area contributed by atoms with Gasteiger partial charge in [-0.25, -0.2) is 39.9 Å². The molecule has 4 aliphatic rings. The third-order valence-corrected chi connectivity index (χ3v) is 17.7. The van der Waals surface area contributed by atoms with Crippen LogP contribution in [0.25, 0.3) is 21.8 Å². The summed E-state index contributed by atoms with van der Waals surface area (Å²) in [6, 6.07) is 12.7. The van der Waals surface area contributed by atoms with Crippen LogP contribution in [-0.4, -0.2) is 118 Å². The zero-order valence-electron chi connectivity index (χ0n) is 66.1. The first-order valence-electron chi connectivity index (χ1n) is 37.2. The Morgan fingerprint density at radius 2 is 0.758 bits per heavy atom. The molecule has 0 amide bonds. The summed E-state index contributed by atoms with van der Waals surface area (Å²) < 4.78 is 36.9. The lowest BCUT2D eigenvalue weighted by Gasteiger charge is -2.38. The van der Waals surface area contributed by atoms with Crippen LogP contribution in [0.15, 0.2) is 73.6 Å². The maximum Gasteiger partial charge on any atom is 0.264 e. The Kier molecular flexibility index (Phi) is 41.7. The Morgan fingerprint density at radius 1 is 0.450 bits per heavy atom. The summed E-state index contributed by atoms with van der Waals surface area (Å²) in [4.78, 5) is 35.2. The first-order chi connectivity index (χ1) is 58.5. The van der Waals surface area contributed by atoms with Crippen LogP contribution in [0.1, 0.15) is 96.1 Å². The number of terminal acetylenes is 1. The van der Waals surface area contributed by atoms with E-state index < -0.39 is 10.1 Å². The monoisotopic (exact) mass is 1630 g/mol. The molecule has 0 bridgehead atoms. The molecule has 6 N–H and O–H groups in total. The van der Waals surface area contributed by atoms with E-state index >= 15 is 0 Å². The molecule has 4 fully saturated rings. The van der Waals surface area contributed by atoms with Crippen LogP contribution in [-0.2, 0) is 36.6 Å². The predicted molar refractivity (Wildman–Crippen MR) is 474 cm³/mol. The minimum absolute atomic E-state index is 0. The number of nitrogens with zero attached hydrogens (tertiary/aromatic N) is 8. The van der Waals surface area contributed by atoms with Gasteiger partial charge in [0.2, 0.25) is 11.9 Å². The third-order valence-electron chi connectivity index (χ3n) is 16.6. The van der Waals surface area contributed by atoms with Crippen molar-refractivity contribution in [2.24, 2.45) is 23.0 Å². The average Bonchev–Trinajstić information content (AvgIpc) is 0.819. The zero-order valence-corrected chi connectivity index (χ0v) is 68.4. The molecule has 2 aliphatic carbocycles. The Hall–Kier alpha value is -15.3. The number of halogens is 2. The highest BCUT2D eigenvalue weighted by molar-refractivity contribution is 7.86. The summed E-state index contributed by atoms with van der Waals surface area (Å²) in [5.41, 5.74) is 9.39. The summed E-state index contributed by atoms with van der Waals surface area (Å²) in [6.45, 7) is 11.1. The highest BCUT2D eigenvalue weighted by atomic mass is 35.5. The van der Waals surface area contributed by atoms with Gasteiger partial charge in [0.15, 0.2) is 10.3 Å². The molecule has 2 saturated carbocycles. The number of nitrogens with one attached hydrogen (secondary N) is 4. The van der Waals surface area contributed by atoms with Crippen LogP contribution in [0, 0.1) is 290 Å². The second-order valence-corrected chi connectivity index (χ2v) is 28.8. The molecule has 0 atom stereocenters. The van der Waals surface area contributed by atoms with E-state index in [-0.39, 0.29) is 12.1 Å². The first kappa shape index (κ1) is 91.9. The maximum absolute atomic E-state index is 11.0. The number of pyridine rings is 4. The molecule has 6 aromatic heterocycles. The van der Waals surface area contributed by atoms with Gasteiger partial charge in [0.1, 0.15) is 22.7 Å². The molecule has 120 heavy (non-hydrogen) atoms. The highest BCUT2D eigenvalue weighted by Crippen LogP contribution is 2.33. The fourth-order valence-electron chi connectivity index (χ4n) is 10.7. The van der Waals surface area contributed by atoms with Gasteiger partial charge in [-0.2, -0.15) is 8.42 Å². The molecular formula is C99H73Cl2N13O5S. The predicted octanol–water partition coefficient (Wildman–Crippen LogP) is 9.64. The number of aryl methyl sites for hydroxylation is 1. The van der Waals surface area contributed by atoms with Crippen molar-refractivity contribution in [3.8, 4) is 273 Å². The smallest absolute Gasteiger partial charge is 0.264 e. The van der Waals surface area contributed by atoms with E-state index in [4.69, 9.17) is 49.0 Å². The second kappa shape index (κ2) is 54.5. The van der Waals surface area contributed by atoms with E-state index in [2.05, 4.69) is 334 Å². The normalized spacial score (nSPS) is 14.3. The standard InChI is InChI=1S/C47H4.C26H33ClN6O.C22H27ClN6O3S.C4H9NO/c1-3-5-7-9-11-13-15-17-19-21-23-25-27-29-31-33-35-37-39-41-43-45-47-46-44-42-40-38-36-34-32-30-28-26-24-22-20-18-16-14-12-10-8-6-4-2;1-26(16-34-17-26)11-2-3-19-14-30-25(31-15-19)29-13-18-4-7-21(8-5-18)32-22-9-6-20-10-12-28-24(27)23(20)33-22;1-33(30,31)32-11-9-16-13-26-22(27-14-16)25-12-15-2-5-18(6-3-15)28-19-7-4-17-8-10-24-21(23)20(17)29-19;1-4(5)2-6-3-4/h1H,2H3;6,9-10,12,14-15,18,21H,2-5,7-8,11,13,16-17H2,1H3,(H,32,33)(H,29,30,31);4,7-8,10,13-15,18H,2-3,5-6,9,11-12H2,1H3,(H,28,29)(H,25,26,27);2-3,5H2,1H3. The number of nitrogens with two attached hydrogens (primary N) is 1. The van der Waals surface area contributed by atoms with Crippen LogP contribution in [0.4, 0.5) is 23.5 Å². The van der Waals surface area contributed by atoms with Gasteiger partial charge in [-0.15, -0.1) is 6.42 Å². The fraction of sp³-hybridized carbons (Fsp3) is 0.293. The number of anilines is 4. The zero-order chi connectivity index (χ0) is 85.1. The average molecular weight is 1630 g/mol. The minimum Gasteiger partial charge on any atom is -0.380 e. The third kappa shape index (κ3) is 40.1. The largest absolute Gasteiger partial charge is 0.380 e. The van der Waals surface area contributed by atoms with E-state index in [9.17, 15) is 8.42 Å². The molecule has 18 nitrogen and oxygen atoms in total. The Labute approximate surface area is 715 Å². The van der Waals surface area contributed by atoms with Crippen molar-refractivity contribution in [3.63, 3.8) is 0 Å². The Morgan fingerprint density at radius 3 is 1.04 bits per heavy atom. The number of rotatable bonds is 18. The van der Waals surface area contributed by atoms with Crippen LogP contribution in [0.5, 0.6) is 0 Å². The quantitative estimate of drug-likeness (QED) is 0.0306. The van der Waals surface area contributed by atoms with E-state index in [1.807, 2.05) is 55.7 Å². The summed E-state index contributed by atoms with van der Waals surface area (Å²) in [5, 5.41) is 16.7. The molecular weight excluding hydrogens is 1550 g/mol.